The molecular weight excluding hydrogens is 250 g/mol. The van der Waals surface area contributed by atoms with E-state index in [-0.39, 0.29) is 19.4 Å². The molecule has 0 aromatic carbocycles. The molecule has 104 valence electrons. The molecule has 0 unspecified atom stereocenters. The summed E-state index contributed by atoms with van der Waals surface area (Å²) in [5.41, 5.74) is -1.07. The first-order valence-corrected chi connectivity index (χ1v) is 5.57. The Bertz CT molecular complexity index is 306. The number of aliphatic carboxylic acids is 1. The average Bonchev–Trinajstić information content (AvgIpc) is 2.34. The second-order valence-electron chi connectivity index (χ2n) is 4.15. The van der Waals surface area contributed by atoms with Gasteiger partial charge in [0.2, 0.25) is 0 Å². The predicted octanol–water partition coefficient (Wildman–Crippen LogP) is 0.432. The van der Waals surface area contributed by atoms with E-state index >= 15 is 0 Å². The third kappa shape index (κ3) is 4.10. The molecule has 1 saturated heterocycles. The normalized spacial score (nSPS) is 18.4. The first-order valence-electron chi connectivity index (χ1n) is 5.57. The molecule has 0 saturated carbocycles. The molecule has 1 fully saturated rings. The molecule has 3 N–H and O–H groups in total. The number of carboxylic acids is 1. The molecule has 1 heterocycles. The van der Waals surface area contributed by atoms with Crippen LogP contribution < -0.4 is 10.6 Å². The van der Waals surface area contributed by atoms with E-state index in [0.717, 1.165) is 0 Å². The molecule has 8 heteroatoms. The molecule has 1 rings (SSSR count). The molecule has 0 aromatic rings. The van der Waals surface area contributed by atoms with Gasteiger partial charge in [-0.15, -0.1) is 0 Å². The third-order valence-electron chi connectivity index (χ3n) is 2.91. The molecule has 0 bridgehead atoms. The Morgan fingerprint density at radius 1 is 1.28 bits per heavy atom. The maximum absolute atomic E-state index is 11.8. The van der Waals surface area contributed by atoms with Crippen LogP contribution in [-0.4, -0.2) is 49.8 Å². The molecule has 1 aliphatic rings. The summed E-state index contributed by atoms with van der Waals surface area (Å²) in [5.74, 6) is -1.01. The fourth-order valence-corrected chi connectivity index (χ4v) is 1.71. The molecule has 18 heavy (non-hydrogen) atoms. The number of carbonyl (C=O) groups is 2. The van der Waals surface area contributed by atoms with Gasteiger partial charge in [-0.25, -0.2) is 13.6 Å². The summed E-state index contributed by atoms with van der Waals surface area (Å²) >= 11 is 0. The van der Waals surface area contributed by atoms with Crippen LogP contribution in [-0.2, 0) is 9.53 Å². The lowest BCUT2D eigenvalue weighted by atomic mass is 9.80. The zero-order valence-corrected chi connectivity index (χ0v) is 9.75. The van der Waals surface area contributed by atoms with Crippen molar-refractivity contribution in [3.8, 4) is 0 Å². The van der Waals surface area contributed by atoms with Crippen molar-refractivity contribution in [1.29, 1.82) is 0 Å². The zero-order valence-electron chi connectivity index (χ0n) is 9.75. The Morgan fingerprint density at radius 2 is 1.89 bits per heavy atom. The zero-order chi connectivity index (χ0) is 13.6. The minimum atomic E-state index is -2.63. The van der Waals surface area contributed by atoms with Crippen LogP contribution >= 0.6 is 0 Å². The van der Waals surface area contributed by atoms with Gasteiger partial charge in [0.05, 0.1) is 12.0 Å². The smallest absolute Gasteiger partial charge is 0.315 e. The number of nitrogens with one attached hydrogen (secondary N) is 2. The number of alkyl halides is 2. The first-order chi connectivity index (χ1) is 8.46. The summed E-state index contributed by atoms with van der Waals surface area (Å²) in [6, 6.07) is -0.789. The van der Waals surface area contributed by atoms with Crippen LogP contribution in [0.1, 0.15) is 12.8 Å². The number of hydrogen-bond donors (Lipinski definition) is 3. The maximum Gasteiger partial charge on any atom is 0.315 e. The van der Waals surface area contributed by atoms with Gasteiger partial charge in [-0.2, -0.15) is 0 Å². The van der Waals surface area contributed by atoms with Crippen molar-refractivity contribution < 1.29 is 28.2 Å². The fraction of sp³-hybridized carbons (Fsp3) is 0.800. The molecule has 0 spiro atoms. The minimum Gasteiger partial charge on any atom is -0.481 e. The number of halogens is 2. The molecule has 6 nitrogen and oxygen atoms in total. The van der Waals surface area contributed by atoms with E-state index in [1.165, 1.54) is 0 Å². The third-order valence-corrected chi connectivity index (χ3v) is 2.91. The van der Waals surface area contributed by atoms with Crippen LogP contribution in [0, 0.1) is 5.41 Å². The van der Waals surface area contributed by atoms with E-state index in [1.54, 1.807) is 0 Å². The van der Waals surface area contributed by atoms with Crippen LogP contribution in [0.4, 0.5) is 13.6 Å². The van der Waals surface area contributed by atoms with Gasteiger partial charge in [-0.1, -0.05) is 0 Å². The van der Waals surface area contributed by atoms with E-state index < -0.39 is 30.4 Å². The molecule has 2 amide bonds. The van der Waals surface area contributed by atoms with Crippen molar-refractivity contribution >= 4 is 12.0 Å². The van der Waals surface area contributed by atoms with Crippen LogP contribution in [0.3, 0.4) is 0 Å². The van der Waals surface area contributed by atoms with Gasteiger partial charge in [0, 0.05) is 19.8 Å². The Labute approximate surface area is 103 Å². The summed E-state index contributed by atoms with van der Waals surface area (Å²) < 4.78 is 28.8. The second kappa shape index (κ2) is 6.48. The number of carboxylic acid groups (broad SMARTS) is 1. The van der Waals surface area contributed by atoms with Crippen molar-refractivity contribution in [3.63, 3.8) is 0 Å². The Balaban J connectivity index is 2.42. The molecule has 0 aliphatic carbocycles. The highest BCUT2D eigenvalue weighted by molar-refractivity contribution is 5.78. The fourth-order valence-electron chi connectivity index (χ4n) is 1.71. The van der Waals surface area contributed by atoms with Gasteiger partial charge in [-0.3, -0.25) is 4.79 Å². The SMILES string of the molecule is O=C(NCC(F)F)NCC1(C(=O)O)CCOCC1. The monoisotopic (exact) mass is 266 g/mol. The topological polar surface area (TPSA) is 87.7 Å². The van der Waals surface area contributed by atoms with Gasteiger partial charge in [0.15, 0.2) is 0 Å². The van der Waals surface area contributed by atoms with Crippen LogP contribution in [0.15, 0.2) is 0 Å². The summed E-state index contributed by atoms with van der Waals surface area (Å²) in [5, 5.41) is 13.4. The Kier molecular flexibility index (Phi) is 5.26. The van der Waals surface area contributed by atoms with Crippen molar-refractivity contribution in [1.82, 2.24) is 10.6 Å². The second-order valence-corrected chi connectivity index (χ2v) is 4.15. The first kappa shape index (κ1) is 14.6. The number of ether oxygens (including phenoxy) is 1. The highest BCUT2D eigenvalue weighted by Crippen LogP contribution is 2.29. The Morgan fingerprint density at radius 3 is 2.39 bits per heavy atom. The molecular formula is C10H16F2N2O4. The lowest BCUT2D eigenvalue weighted by Gasteiger charge is -2.33. The van der Waals surface area contributed by atoms with Gasteiger partial charge in [0.1, 0.15) is 0 Å². The van der Waals surface area contributed by atoms with Crippen LogP contribution in [0.5, 0.6) is 0 Å². The lowest BCUT2D eigenvalue weighted by Crippen LogP contribution is -2.49. The van der Waals surface area contributed by atoms with E-state index in [0.29, 0.717) is 13.2 Å². The van der Waals surface area contributed by atoms with Crippen LogP contribution in [0.2, 0.25) is 0 Å². The molecule has 0 atom stereocenters. The van der Waals surface area contributed by atoms with E-state index in [4.69, 9.17) is 4.74 Å². The molecule has 0 radical (unpaired) electrons. The lowest BCUT2D eigenvalue weighted by molar-refractivity contribution is -0.154. The average molecular weight is 266 g/mol. The molecule has 0 aromatic heterocycles. The van der Waals surface area contributed by atoms with Gasteiger partial charge >= 0.3 is 12.0 Å². The van der Waals surface area contributed by atoms with E-state index in [1.807, 2.05) is 5.32 Å². The number of rotatable bonds is 5. The summed E-state index contributed by atoms with van der Waals surface area (Å²) in [7, 11) is 0. The van der Waals surface area contributed by atoms with Gasteiger partial charge < -0.3 is 20.5 Å². The number of carbonyl (C=O) groups excluding carboxylic acids is 1. The van der Waals surface area contributed by atoms with E-state index in [2.05, 4.69) is 5.32 Å². The summed E-state index contributed by atoms with van der Waals surface area (Å²) in [4.78, 5) is 22.4. The highest BCUT2D eigenvalue weighted by Gasteiger charge is 2.40. The quantitative estimate of drug-likeness (QED) is 0.673. The predicted molar refractivity (Wildman–Crippen MR) is 57.5 cm³/mol. The molecule has 1 aliphatic heterocycles. The van der Waals surface area contributed by atoms with Crippen molar-refractivity contribution in [3.05, 3.63) is 0 Å². The van der Waals surface area contributed by atoms with Crippen LogP contribution in [0.25, 0.3) is 0 Å². The van der Waals surface area contributed by atoms with Gasteiger partial charge in [-0.05, 0) is 12.8 Å². The van der Waals surface area contributed by atoms with Crippen molar-refractivity contribution in [2.75, 3.05) is 26.3 Å². The highest BCUT2D eigenvalue weighted by atomic mass is 19.3. The largest absolute Gasteiger partial charge is 0.481 e. The maximum atomic E-state index is 11.8. The number of hydrogen-bond acceptors (Lipinski definition) is 3. The van der Waals surface area contributed by atoms with Crippen molar-refractivity contribution in [2.24, 2.45) is 5.41 Å². The number of urea groups is 1. The van der Waals surface area contributed by atoms with Gasteiger partial charge in [0.25, 0.3) is 6.43 Å². The Hall–Kier alpha value is -1.44. The summed E-state index contributed by atoms with van der Waals surface area (Å²) in [6.45, 7) is -0.227. The number of amides is 2. The van der Waals surface area contributed by atoms with Crippen molar-refractivity contribution in [2.45, 2.75) is 19.3 Å². The van der Waals surface area contributed by atoms with E-state index in [9.17, 15) is 23.5 Å². The standard InChI is InChI=1S/C10H16F2N2O4/c11-7(12)5-13-9(17)14-6-10(8(15)16)1-3-18-4-2-10/h7H,1-6H2,(H,15,16)(H2,13,14,17). The minimum absolute atomic E-state index is 0.0965. The summed E-state index contributed by atoms with van der Waals surface area (Å²) in [6.07, 6.45) is -2.05.